The van der Waals surface area contributed by atoms with Crippen molar-refractivity contribution in [3.05, 3.63) is 68.3 Å². The molecule has 3 aromatic rings. The number of nitrogens with zero attached hydrogens (tertiary/aromatic N) is 5. The van der Waals surface area contributed by atoms with Crippen LogP contribution >= 0.6 is 0 Å². The van der Waals surface area contributed by atoms with Crippen LogP contribution in [0.25, 0.3) is 5.95 Å². The molecule has 29 heavy (non-hydrogen) atoms. The van der Waals surface area contributed by atoms with Crippen LogP contribution in [0.5, 0.6) is 0 Å². The van der Waals surface area contributed by atoms with Gasteiger partial charge in [0.15, 0.2) is 0 Å². The van der Waals surface area contributed by atoms with Gasteiger partial charge in [0.1, 0.15) is 0 Å². The Hall–Kier alpha value is -3.62. The van der Waals surface area contributed by atoms with Gasteiger partial charge < -0.3 is 5.32 Å². The van der Waals surface area contributed by atoms with Gasteiger partial charge in [0, 0.05) is 28.7 Å². The molecule has 150 valence electrons. The highest BCUT2D eigenvalue weighted by molar-refractivity contribution is 5.93. The number of carbonyl (C=O) groups is 1. The molecule has 3 rings (SSSR count). The molecule has 0 fully saturated rings. The fourth-order valence-electron chi connectivity index (χ4n) is 3.24. The van der Waals surface area contributed by atoms with Gasteiger partial charge in [-0.15, -0.1) is 0 Å². The number of carbonyl (C=O) groups excluding carboxylic acids is 1. The van der Waals surface area contributed by atoms with E-state index in [1.54, 1.807) is 23.7 Å². The van der Waals surface area contributed by atoms with E-state index in [0.717, 1.165) is 22.6 Å². The number of nitro groups is 1. The van der Waals surface area contributed by atoms with E-state index in [4.69, 9.17) is 0 Å². The van der Waals surface area contributed by atoms with Crippen LogP contribution < -0.4 is 5.32 Å². The van der Waals surface area contributed by atoms with Crippen LogP contribution in [0.3, 0.4) is 0 Å². The molecule has 9 nitrogen and oxygen atoms in total. The molecule has 0 atom stereocenters. The van der Waals surface area contributed by atoms with Gasteiger partial charge in [-0.3, -0.25) is 14.9 Å². The zero-order valence-corrected chi connectivity index (χ0v) is 17.0. The first-order valence-electron chi connectivity index (χ1n) is 9.09. The summed E-state index contributed by atoms with van der Waals surface area (Å²) in [6.45, 7) is 9.08. The fraction of sp³-hybridized carbons (Fsp3) is 0.300. The molecule has 0 aliphatic carbocycles. The number of anilines is 1. The second-order valence-corrected chi connectivity index (χ2v) is 6.94. The van der Waals surface area contributed by atoms with Crippen LogP contribution in [0.1, 0.15) is 33.9 Å². The molecule has 1 N–H and O–H groups in total. The Bertz CT molecular complexity index is 1100. The quantitative estimate of drug-likeness (QED) is 0.524. The summed E-state index contributed by atoms with van der Waals surface area (Å²) in [7, 11) is 0. The lowest BCUT2D eigenvalue weighted by Crippen LogP contribution is -2.16. The number of aryl methyl sites for hydroxylation is 3. The van der Waals surface area contributed by atoms with Gasteiger partial charge in [0.05, 0.1) is 28.3 Å². The topological polar surface area (TPSA) is 116 Å². The number of nitro benzene ring substituents is 1. The first-order valence-corrected chi connectivity index (χ1v) is 9.09. The lowest BCUT2D eigenvalue weighted by atomic mass is 10.1. The van der Waals surface area contributed by atoms with Crippen LogP contribution in [-0.4, -0.2) is 30.6 Å². The molecule has 0 aliphatic heterocycles. The molecule has 0 saturated heterocycles. The fourth-order valence-corrected chi connectivity index (χ4v) is 3.24. The maximum Gasteiger partial charge on any atom is 0.274 e. The molecule has 2 aromatic heterocycles. The highest BCUT2D eigenvalue weighted by atomic mass is 16.6. The minimum atomic E-state index is -0.465. The molecular weight excluding hydrogens is 372 g/mol. The number of hydrogen-bond acceptors (Lipinski definition) is 6. The Kier molecular flexibility index (Phi) is 5.40. The molecule has 0 spiro atoms. The zero-order valence-electron chi connectivity index (χ0n) is 17.0. The lowest BCUT2D eigenvalue weighted by molar-refractivity contribution is -0.385. The van der Waals surface area contributed by atoms with Crippen molar-refractivity contribution in [2.24, 2.45) is 0 Å². The highest BCUT2D eigenvalue weighted by Gasteiger charge is 2.19. The second kappa shape index (κ2) is 7.78. The largest absolute Gasteiger partial charge is 0.325 e. The summed E-state index contributed by atoms with van der Waals surface area (Å²) in [5.74, 6) is 0.185. The SMILES string of the molecule is Cc1cc(C)nc(-n2nc(C)c(CC(=O)Nc3cccc([N+](=O)[O-])c3C)c2C)n1. The zero-order chi connectivity index (χ0) is 21.3. The van der Waals surface area contributed by atoms with Crippen molar-refractivity contribution in [1.29, 1.82) is 0 Å². The average molecular weight is 394 g/mol. The van der Waals surface area contributed by atoms with Crippen LogP contribution in [0, 0.1) is 44.7 Å². The number of benzene rings is 1. The third-order valence-electron chi connectivity index (χ3n) is 4.71. The van der Waals surface area contributed by atoms with Crippen molar-refractivity contribution in [2.45, 2.75) is 41.0 Å². The van der Waals surface area contributed by atoms with Crippen LogP contribution in [0.2, 0.25) is 0 Å². The number of hydrogen-bond donors (Lipinski definition) is 1. The Balaban J connectivity index is 1.86. The monoisotopic (exact) mass is 394 g/mol. The molecule has 0 bridgehead atoms. The van der Waals surface area contributed by atoms with E-state index in [1.807, 2.05) is 33.8 Å². The van der Waals surface area contributed by atoms with Gasteiger partial charge >= 0.3 is 0 Å². The minimum absolute atomic E-state index is 0.0325. The van der Waals surface area contributed by atoms with E-state index in [-0.39, 0.29) is 18.0 Å². The summed E-state index contributed by atoms with van der Waals surface area (Å²) < 4.78 is 1.64. The number of aromatic nitrogens is 4. The Labute approximate surface area is 168 Å². The standard InChI is InChI=1S/C20H22N6O3/c1-11-9-12(2)22-20(21-11)25-15(5)16(14(4)24-25)10-19(27)23-17-7-6-8-18(13(17)3)26(28)29/h6-9H,10H2,1-5H3,(H,23,27). The number of amides is 1. The summed E-state index contributed by atoms with van der Waals surface area (Å²) in [6, 6.07) is 6.48. The first-order chi connectivity index (χ1) is 13.7. The molecule has 1 aromatic carbocycles. The van der Waals surface area contributed by atoms with Gasteiger partial charge in [-0.1, -0.05) is 6.07 Å². The summed E-state index contributed by atoms with van der Waals surface area (Å²) in [5.41, 5.74) is 4.72. The Morgan fingerprint density at radius 1 is 1.14 bits per heavy atom. The Morgan fingerprint density at radius 2 is 1.79 bits per heavy atom. The van der Waals surface area contributed by atoms with E-state index in [9.17, 15) is 14.9 Å². The third kappa shape index (κ3) is 4.13. The van der Waals surface area contributed by atoms with E-state index < -0.39 is 4.92 Å². The number of nitrogens with one attached hydrogen (secondary N) is 1. The Morgan fingerprint density at radius 3 is 2.41 bits per heavy atom. The van der Waals surface area contributed by atoms with Gasteiger partial charge in [-0.2, -0.15) is 5.10 Å². The summed E-state index contributed by atoms with van der Waals surface area (Å²) in [6.07, 6.45) is 0.0879. The van der Waals surface area contributed by atoms with Crippen molar-refractivity contribution in [1.82, 2.24) is 19.7 Å². The molecule has 0 radical (unpaired) electrons. The minimum Gasteiger partial charge on any atom is -0.325 e. The molecule has 9 heteroatoms. The van der Waals surface area contributed by atoms with Crippen molar-refractivity contribution in [2.75, 3.05) is 5.32 Å². The van der Waals surface area contributed by atoms with E-state index in [1.165, 1.54) is 6.07 Å². The molecule has 0 unspecified atom stereocenters. The molecule has 0 aliphatic rings. The highest BCUT2D eigenvalue weighted by Crippen LogP contribution is 2.25. The van der Waals surface area contributed by atoms with Crippen molar-refractivity contribution in [3.8, 4) is 5.95 Å². The van der Waals surface area contributed by atoms with Gasteiger partial charge in [0.2, 0.25) is 5.91 Å². The lowest BCUT2D eigenvalue weighted by Gasteiger charge is -2.09. The predicted octanol–water partition coefficient (Wildman–Crippen LogP) is 3.29. The average Bonchev–Trinajstić information content (AvgIpc) is 2.90. The summed E-state index contributed by atoms with van der Waals surface area (Å²) in [5, 5.41) is 18.4. The van der Waals surface area contributed by atoms with Crippen molar-refractivity contribution in [3.63, 3.8) is 0 Å². The van der Waals surface area contributed by atoms with Crippen molar-refractivity contribution >= 4 is 17.3 Å². The molecule has 0 saturated carbocycles. The molecular formula is C20H22N6O3. The van der Waals surface area contributed by atoms with Crippen LogP contribution in [0.15, 0.2) is 24.3 Å². The second-order valence-electron chi connectivity index (χ2n) is 6.94. The van der Waals surface area contributed by atoms with Crippen molar-refractivity contribution < 1.29 is 9.72 Å². The van der Waals surface area contributed by atoms with Gasteiger partial charge in [0.25, 0.3) is 11.6 Å². The molecule has 2 heterocycles. The predicted molar refractivity (Wildman–Crippen MR) is 108 cm³/mol. The maximum absolute atomic E-state index is 12.6. The van der Waals surface area contributed by atoms with Crippen LogP contribution in [-0.2, 0) is 11.2 Å². The maximum atomic E-state index is 12.6. The van der Waals surface area contributed by atoms with Crippen LogP contribution in [0.4, 0.5) is 11.4 Å². The third-order valence-corrected chi connectivity index (χ3v) is 4.71. The smallest absolute Gasteiger partial charge is 0.274 e. The van der Waals surface area contributed by atoms with Gasteiger partial charge in [-0.25, -0.2) is 14.6 Å². The van der Waals surface area contributed by atoms with E-state index in [2.05, 4.69) is 20.4 Å². The summed E-state index contributed by atoms with van der Waals surface area (Å²) >= 11 is 0. The summed E-state index contributed by atoms with van der Waals surface area (Å²) in [4.78, 5) is 32.1. The first kappa shape index (κ1) is 20.1. The molecule has 1 amide bonds. The normalized spacial score (nSPS) is 10.8. The van der Waals surface area contributed by atoms with E-state index >= 15 is 0 Å². The van der Waals surface area contributed by atoms with Gasteiger partial charge in [-0.05, 0) is 46.8 Å². The van der Waals surface area contributed by atoms with E-state index in [0.29, 0.717) is 22.9 Å². The number of rotatable bonds is 5.